The molecular formula is C19H22N2O3. The number of likely N-dealkylation sites (tertiary alicyclic amines) is 1. The highest BCUT2D eigenvalue weighted by Gasteiger charge is 2.39. The second kappa shape index (κ2) is 6.61. The van der Waals surface area contributed by atoms with E-state index in [4.69, 9.17) is 0 Å². The molecule has 0 unspecified atom stereocenters. The molecule has 1 aromatic carbocycles. The number of hydrogen-bond donors (Lipinski definition) is 2. The number of nitrogens with zero attached hydrogens (tertiary/aromatic N) is 2. The normalized spacial score (nSPS) is 23.9. The summed E-state index contributed by atoms with van der Waals surface area (Å²) in [6, 6.07) is 13.0. The highest BCUT2D eigenvalue weighted by molar-refractivity contribution is 5.94. The van der Waals surface area contributed by atoms with Gasteiger partial charge in [-0.15, -0.1) is 0 Å². The van der Waals surface area contributed by atoms with Gasteiger partial charge in [-0.05, 0) is 37.5 Å². The maximum absolute atomic E-state index is 12.7. The van der Waals surface area contributed by atoms with Crippen LogP contribution in [0.15, 0.2) is 48.7 Å². The summed E-state index contributed by atoms with van der Waals surface area (Å²) < 4.78 is 0. The number of pyridine rings is 1. The van der Waals surface area contributed by atoms with Crippen molar-refractivity contribution in [2.45, 2.75) is 25.4 Å². The Morgan fingerprint density at radius 3 is 2.75 bits per heavy atom. The third-order valence-corrected chi connectivity index (χ3v) is 4.81. The standard InChI is InChI=1S/C19H22N2O3/c1-19(24)9-11-21(18(23)17-16(22)8-5-10-20-17)13-15(19)12-14-6-3-2-4-7-14/h2-8,10,15,22,24H,9,11-13H2,1H3/t15-,19+/m0/s1. The minimum absolute atomic E-state index is 0.0662. The molecule has 1 saturated heterocycles. The van der Waals surface area contributed by atoms with Crippen molar-refractivity contribution in [2.24, 2.45) is 5.92 Å². The van der Waals surface area contributed by atoms with Crippen LogP contribution in [0.2, 0.25) is 0 Å². The first kappa shape index (κ1) is 16.5. The van der Waals surface area contributed by atoms with Crippen LogP contribution in [0.25, 0.3) is 0 Å². The second-order valence-corrected chi connectivity index (χ2v) is 6.62. The third-order valence-electron chi connectivity index (χ3n) is 4.81. The van der Waals surface area contributed by atoms with Gasteiger partial charge in [0.2, 0.25) is 0 Å². The van der Waals surface area contributed by atoms with Crippen LogP contribution < -0.4 is 0 Å². The van der Waals surface area contributed by atoms with Crippen molar-refractivity contribution < 1.29 is 15.0 Å². The highest BCUT2D eigenvalue weighted by Crippen LogP contribution is 2.31. The zero-order valence-corrected chi connectivity index (χ0v) is 13.7. The van der Waals surface area contributed by atoms with Crippen LogP contribution in [0.5, 0.6) is 5.75 Å². The molecule has 0 bridgehead atoms. The molecule has 0 saturated carbocycles. The molecule has 1 aliphatic heterocycles. The average molecular weight is 326 g/mol. The van der Waals surface area contributed by atoms with Gasteiger partial charge >= 0.3 is 0 Å². The van der Waals surface area contributed by atoms with Crippen molar-refractivity contribution in [3.63, 3.8) is 0 Å². The Morgan fingerprint density at radius 2 is 2.04 bits per heavy atom. The highest BCUT2D eigenvalue weighted by atomic mass is 16.3. The third kappa shape index (κ3) is 3.41. The molecule has 5 nitrogen and oxygen atoms in total. The van der Waals surface area contributed by atoms with E-state index in [9.17, 15) is 15.0 Å². The number of benzene rings is 1. The van der Waals surface area contributed by atoms with Crippen LogP contribution in [0, 0.1) is 5.92 Å². The van der Waals surface area contributed by atoms with E-state index in [0.717, 1.165) is 5.56 Å². The van der Waals surface area contributed by atoms with Crippen molar-refractivity contribution in [1.29, 1.82) is 0 Å². The van der Waals surface area contributed by atoms with Gasteiger partial charge in [0.1, 0.15) is 5.75 Å². The molecule has 0 aliphatic carbocycles. The summed E-state index contributed by atoms with van der Waals surface area (Å²) in [5.74, 6) is -0.468. The fraction of sp³-hybridized carbons (Fsp3) is 0.368. The van der Waals surface area contributed by atoms with E-state index >= 15 is 0 Å². The van der Waals surface area contributed by atoms with Gasteiger partial charge in [0, 0.05) is 25.2 Å². The molecule has 2 N–H and O–H groups in total. The number of carbonyl (C=O) groups is 1. The number of amides is 1. The summed E-state index contributed by atoms with van der Waals surface area (Å²) in [5, 5.41) is 20.6. The Kier molecular flexibility index (Phi) is 4.53. The van der Waals surface area contributed by atoms with Gasteiger partial charge < -0.3 is 15.1 Å². The molecule has 0 spiro atoms. The monoisotopic (exact) mass is 326 g/mol. The molecule has 1 aliphatic rings. The van der Waals surface area contributed by atoms with Gasteiger partial charge in [0.15, 0.2) is 5.69 Å². The molecule has 2 heterocycles. The van der Waals surface area contributed by atoms with Crippen molar-refractivity contribution >= 4 is 5.91 Å². The van der Waals surface area contributed by atoms with E-state index in [0.29, 0.717) is 25.9 Å². The Balaban J connectivity index is 1.78. The Hall–Kier alpha value is -2.40. The van der Waals surface area contributed by atoms with Crippen molar-refractivity contribution in [1.82, 2.24) is 9.88 Å². The van der Waals surface area contributed by atoms with Crippen LogP contribution in [0.1, 0.15) is 29.4 Å². The molecule has 126 valence electrons. The van der Waals surface area contributed by atoms with E-state index in [1.807, 2.05) is 37.3 Å². The fourth-order valence-electron chi connectivity index (χ4n) is 3.20. The summed E-state index contributed by atoms with van der Waals surface area (Å²) in [5.41, 5.74) is 0.383. The molecule has 2 aromatic rings. The molecule has 24 heavy (non-hydrogen) atoms. The van der Waals surface area contributed by atoms with E-state index in [1.165, 1.54) is 12.3 Å². The fourth-order valence-corrected chi connectivity index (χ4v) is 3.20. The number of hydrogen-bond acceptors (Lipinski definition) is 4. The lowest BCUT2D eigenvalue weighted by molar-refractivity contribution is -0.0508. The van der Waals surface area contributed by atoms with Gasteiger partial charge in [-0.2, -0.15) is 0 Å². The van der Waals surface area contributed by atoms with E-state index in [1.54, 1.807) is 11.0 Å². The van der Waals surface area contributed by atoms with Crippen LogP contribution in [0.4, 0.5) is 0 Å². The van der Waals surface area contributed by atoms with Crippen LogP contribution in [-0.4, -0.2) is 44.7 Å². The zero-order chi connectivity index (χ0) is 17.2. The minimum Gasteiger partial charge on any atom is -0.505 e. The lowest BCUT2D eigenvalue weighted by atomic mass is 9.78. The minimum atomic E-state index is -0.821. The zero-order valence-electron chi connectivity index (χ0n) is 13.7. The van der Waals surface area contributed by atoms with Gasteiger partial charge in [-0.25, -0.2) is 4.98 Å². The lowest BCUT2D eigenvalue weighted by Gasteiger charge is -2.42. The summed E-state index contributed by atoms with van der Waals surface area (Å²) in [4.78, 5) is 18.3. The first-order valence-electron chi connectivity index (χ1n) is 8.17. The van der Waals surface area contributed by atoms with Gasteiger partial charge in [0.05, 0.1) is 5.60 Å². The number of carbonyl (C=O) groups excluding carboxylic acids is 1. The first-order valence-corrected chi connectivity index (χ1v) is 8.17. The molecule has 2 atom stereocenters. The molecule has 5 heteroatoms. The second-order valence-electron chi connectivity index (χ2n) is 6.62. The first-order chi connectivity index (χ1) is 11.5. The summed E-state index contributed by atoms with van der Waals surface area (Å²) in [7, 11) is 0. The summed E-state index contributed by atoms with van der Waals surface area (Å²) >= 11 is 0. The number of rotatable bonds is 3. The number of aromatic nitrogens is 1. The Morgan fingerprint density at radius 1 is 1.29 bits per heavy atom. The van der Waals surface area contributed by atoms with Crippen LogP contribution >= 0.6 is 0 Å². The molecule has 1 fully saturated rings. The predicted octanol–water partition coefficient (Wildman–Crippen LogP) is 2.24. The van der Waals surface area contributed by atoms with Crippen molar-refractivity contribution in [2.75, 3.05) is 13.1 Å². The molecular weight excluding hydrogens is 304 g/mol. The van der Waals surface area contributed by atoms with E-state index in [2.05, 4.69) is 4.98 Å². The Bertz CT molecular complexity index is 716. The van der Waals surface area contributed by atoms with E-state index in [-0.39, 0.29) is 23.3 Å². The van der Waals surface area contributed by atoms with Crippen molar-refractivity contribution in [3.8, 4) is 5.75 Å². The SMILES string of the molecule is C[C@@]1(O)CCN(C(=O)c2ncccc2O)C[C@@H]1Cc1ccccc1. The van der Waals surface area contributed by atoms with Gasteiger partial charge in [-0.1, -0.05) is 30.3 Å². The maximum atomic E-state index is 12.7. The number of piperidine rings is 1. The lowest BCUT2D eigenvalue weighted by Crippen LogP contribution is -2.52. The van der Waals surface area contributed by atoms with Gasteiger partial charge in [-0.3, -0.25) is 4.79 Å². The Labute approximate surface area is 141 Å². The average Bonchev–Trinajstić information content (AvgIpc) is 2.57. The van der Waals surface area contributed by atoms with Gasteiger partial charge in [0.25, 0.3) is 5.91 Å². The molecule has 3 rings (SSSR count). The maximum Gasteiger partial charge on any atom is 0.276 e. The number of aromatic hydroxyl groups is 1. The molecule has 0 radical (unpaired) electrons. The van der Waals surface area contributed by atoms with E-state index < -0.39 is 5.60 Å². The number of aliphatic hydroxyl groups is 1. The summed E-state index contributed by atoms with van der Waals surface area (Å²) in [6.45, 7) is 2.73. The quantitative estimate of drug-likeness (QED) is 0.907. The topological polar surface area (TPSA) is 73.7 Å². The smallest absolute Gasteiger partial charge is 0.276 e. The molecule has 1 amide bonds. The predicted molar refractivity (Wildman–Crippen MR) is 90.7 cm³/mol. The van der Waals surface area contributed by atoms with Crippen LogP contribution in [0.3, 0.4) is 0 Å². The van der Waals surface area contributed by atoms with Crippen LogP contribution in [-0.2, 0) is 6.42 Å². The largest absolute Gasteiger partial charge is 0.505 e. The van der Waals surface area contributed by atoms with Crippen molar-refractivity contribution in [3.05, 3.63) is 59.9 Å². The molecule has 1 aromatic heterocycles. The summed E-state index contributed by atoms with van der Waals surface area (Å²) in [6.07, 6.45) is 2.70.